The Balaban J connectivity index is 1.48. The lowest BCUT2D eigenvalue weighted by molar-refractivity contribution is 0.0481. The Morgan fingerprint density at radius 1 is 1.12 bits per heavy atom. The predicted molar refractivity (Wildman–Crippen MR) is 96.4 cm³/mol. The lowest BCUT2D eigenvalue weighted by Crippen LogP contribution is -2.42. The number of nitrogens with one attached hydrogen (secondary N) is 1. The van der Waals surface area contributed by atoms with E-state index in [4.69, 9.17) is 5.11 Å². The van der Waals surface area contributed by atoms with E-state index in [2.05, 4.69) is 22.3 Å². The van der Waals surface area contributed by atoms with Crippen LogP contribution in [0.2, 0.25) is 0 Å². The summed E-state index contributed by atoms with van der Waals surface area (Å²) in [5.41, 5.74) is 1.71. The topological polar surface area (TPSA) is 72.8 Å². The molecule has 2 aromatic carbocycles. The maximum absolute atomic E-state index is 11.0. The minimum atomic E-state index is -0.923. The minimum absolute atomic E-state index is 0.285. The first kappa shape index (κ1) is 17.6. The van der Waals surface area contributed by atoms with Crippen LogP contribution in [0.5, 0.6) is 0 Å². The fourth-order valence-corrected chi connectivity index (χ4v) is 3.32. The van der Waals surface area contributed by atoms with Crippen LogP contribution in [0.3, 0.4) is 0 Å². The molecule has 2 aromatic rings. The number of hydrogen-bond donors (Lipinski definition) is 3. The van der Waals surface area contributed by atoms with Gasteiger partial charge in [-0.05, 0) is 29.7 Å². The second kappa shape index (κ2) is 7.78. The zero-order valence-electron chi connectivity index (χ0n) is 14.2. The first-order valence-corrected chi connectivity index (χ1v) is 8.56. The van der Waals surface area contributed by atoms with E-state index in [0.29, 0.717) is 19.6 Å². The highest BCUT2D eigenvalue weighted by atomic mass is 16.4. The van der Waals surface area contributed by atoms with E-state index in [1.54, 1.807) is 18.2 Å². The number of aliphatic hydroxyl groups is 1. The molecule has 1 atom stereocenters. The van der Waals surface area contributed by atoms with Crippen LogP contribution in [-0.4, -0.2) is 46.3 Å². The van der Waals surface area contributed by atoms with Gasteiger partial charge in [-0.25, -0.2) is 4.79 Å². The van der Waals surface area contributed by atoms with Crippen LogP contribution in [0.25, 0.3) is 0 Å². The number of carbonyl (C=O) groups is 1. The van der Waals surface area contributed by atoms with Crippen LogP contribution in [0, 0.1) is 0 Å². The van der Waals surface area contributed by atoms with Gasteiger partial charge >= 0.3 is 5.97 Å². The molecule has 1 fully saturated rings. The van der Waals surface area contributed by atoms with Gasteiger partial charge in [0, 0.05) is 32.7 Å². The Bertz CT molecular complexity index is 720. The summed E-state index contributed by atoms with van der Waals surface area (Å²) in [6, 6.07) is 17.2. The van der Waals surface area contributed by atoms with E-state index < -0.39 is 11.6 Å². The Morgan fingerprint density at radius 2 is 1.88 bits per heavy atom. The largest absolute Gasteiger partial charge is 0.478 e. The maximum atomic E-state index is 11.0. The van der Waals surface area contributed by atoms with Crippen LogP contribution in [-0.2, 0) is 13.1 Å². The number of rotatable bonds is 7. The van der Waals surface area contributed by atoms with Crippen molar-refractivity contribution in [1.82, 2.24) is 10.2 Å². The van der Waals surface area contributed by atoms with Crippen LogP contribution in [0.1, 0.15) is 27.9 Å². The Kier molecular flexibility index (Phi) is 5.48. The molecule has 0 saturated carbocycles. The summed E-state index contributed by atoms with van der Waals surface area (Å²) in [5.74, 6) is -0.923. The lowest BCUT2D eigenvalue weighted by Gasteiger charge is -2.24. The molecule has 5 heteroatoms. The monoisotopic (exact) mass is 340 g/mol. The zero-order chi connectivity index (χ0) is 17.7. The van der Waals surface area contributed by atoms with Crippen molar-refractivity contribution >= 4 is 5.97 Å². The second-order valence-electron chi connectivity index (χ2n) is 6.78. The highest BCUT2D eigenvalue weighted by molar-refractivity contribution is 5.87. The Morgan fingerprint density at radius 3 is 2.64 bits per heavy atom. The van der Waals surface area contributed by atoms with Crippen LogP contribution in [0.4, 0.5) is 0 Å². The fraction of sp³-hybridized carbons (Fsp3) is 0.350. The number of nitrogens with zero attached hydrogens (tertiary/aromatic N) is 1. The van der Waals surface area contributed by atoms with E-state index in [-0.39, 0.29) is 5.56 Å². The molecule has 0 spiro atoms. The molecule has 3 rings (SSSR count). The number of likely N-dealkylation sites (tertiary alicyclic amines) is 1. The number of β-amino-alcohol motifs (C(OH)–C–C–N with tert-alkyl or cyclic N) is 1. The molecule has 0 bridgehead atoms. The van der Waals surface area contributed by atoms with Crippen molar-refractivity contribution in [1.29, 1.82) is 0 Å². The molecular formula is C20H24N2O3. The fourth-order valence-electron chi connectivity index (χ4n) is 3.32. The molecule has 1 aliphatic heterocycles. The average Bonchev–Trinajstić information content (AvgIpc) is 2.97. The third-order valence-electron chi connectivity index (χ3n) is 4.62. The molecule has 3 N–H and O–H groups in total. The standard InChI is InChI=1S/C20H24N2O3/c23-19(24)18-8-4-7-17(11-18)12-21-14-20(25)9-10-22(15-20)13-16-5-2-1-3-6-16/h1-8,11,21,25H,9-10,12-15H2,(H,23,24). The number of carboxylic acid groups (broad SMARTS) is 1. The van der Waals surface area contributed by atoms with Crippen LogP contribution in [0.15, 0.2) is 54.6 Å². The molecule has 1 saturated heterocycles. The van der Waals surface area contributed by atoms with Gasteiger partial charge in [0.25, 0.3) is 0 Å². The van der Waals surface area contributed by atoms with E-state index in [1.807, 2.05) is 24.3 Å². The summed E-state index contributed by atoms with van der Waals surface area (Å²) in [7, 11) is 0. The van der Waals surface area contributed by atoms with Gasteiger partial charge in [-0.3, -0.25) is 4.90 Å². The van der Waals surface area contributed by atoms with Gasteiger partial charge in [-0.15, -0.1) is 0 Å². The van der Waals surface area contributed by atoms with Crippen molar-refractivity contribution < 1.29 is 15.0 Å². The van der Waals surface area contributed by atoms with Crippen molar-refractivity contribution in [2.24, 2.45) is 0 Å². The third-order valence-corrected chi connectivity index (χ3v) is 4.62. The van der Waals surface area contributed by atoms with Gasteiger partial charge in [0.15, 0.2) is 0 Å². The molecule has 5 nitrogen and oxygen atoms in total. The van der Waals surface area contributed by atoms with Gasteiger partial charge in [0.05, 0.1) is 11.2 Å². The Labute approximate surface area is 147 Å². The summed E-state index contributed by atoms with van der Waals surface area (Å²) >= 11 is 0. The summed E-state index contributed by atoms with van der Waals surface area (Å²) in [4.78, 5) is 13.3. The number of aromatic carboxylic acids is 1. The van der Waals surface area contributed by atoms with Crippen LogP contribution >= 0.6 is 0 Å². The summed E-state index contributed by atoms with van der Waals surface area (Å²) in [5, 5.41) is 23.1. The SMILES string of the molecule is O=C(O)c1cccc(CNCC2(O)CCN(Cc3ccccc3)C2)c1. The predicted octanol–water partition coefficient (Wildman–Crippen LogP) is 2.11. The van der Waals surface area contributed by atoms with Crippen LogP contribution < -0.4 is 5.32 Å². The first-order valence-electron chi connectivity index (χ1n) is 8.56. The maximum Gasteiger partial charge on any atom is 0.335 e. The molecule has 0 amide bonds. The average molecular weight is 340 g/mol. The highest BCUT2D eigenvalue weighted by Gasteiger charge is 2.35. The Hall–Kier alpha value is -2.21. The first-order chi connectivity index (χ1) is 12.0. The number of carboxylic acids is 1. The van der Waals surface area contributed by atoms with Gasteiger partial charge in [0.1, 0.15) is 0 Å². The molecule has 1 unspecified atom stereocenters. The minimum Gasteiger partial charge on any atom is -0.478 e. The molecular weight excluding hydrogens is 316 g/mol. The zero-order valence-corrected chi connectivity index (χ0v) is 14.2. The smallest absolute Gasteiger partial charge is 0.335 e. The molecule has 132 valence electrons. The summed E-state index contributed by atoms with van der Waals surface area (Å²) in [6.07, 6.45) is 0.738. The van der Waals surface area contributed by atoms with Gasteiger partial charge < -0.3 is 15.5 Å². The number of hydrogen-bond acceptors (Lipinski definition) is 4. The van der Waals surface area contributed by atoms with E-state index >= 15 is 0 Å². The van der Waals surface area contributed by atoms with Gasteiger partial charge in [-0.2, -0.15) is 0 Å². The van der Waals surface area contributed by atoms with Gasteiger partial charge in [0.2, 0.25) is 0 Å². The summed E-state index contributed by atoms with van der Waals surface area (Å²) < 4.78 is 0. The number of benzene rings is 2. The van der Waals surface area contributed by atoms with E-state index in [1.165, 1.54) is 5.56 Å². The quantitative estimate of drug-likeness (QED) is 0.720. The van der Waals surface area contributed by atoms with E-state index in [9.17, 15) is 9.90 Å². The third kappa shape index (κ3) is 4.89. The normalized spacial score (nSPS) is 20.7. The summed E-state index contributed by atoms with van der Waals surface area (Å²) in [6.45, 7) is 3.41. The molecule has 1 heterocycles. The van der Waals surface area contributed by atoms with E-state index in [0.717, 1.165) is 25.1 Å². The molecule has 0 radical (unpaired) electrons. The molecule has 25 heavy (non-hydrogen) atoms. The molecule has 0 aliphatic carbocycles. The van der Waals surface area contributed by atoms with Crippen molar-refractivity contribution in [3.8, 4) is 0 Å². The lowest BCUT2D eigenvalue weighted by atomic mass is 10.0. The van der Waals surface area contributed by atoms with Crippen molar-refractivity contribution in [2.45, 2.75) is 25.1 Å². The van der Waals surface area contributed by atoms with Crippen molar-refractivity contribution in [3.05, 3.63) is 71.3 Å². The molecule has 0 aromatic heterocycles. The van der Waals surface area contributed by atoms with Crippen molar-refractivity contribution in [3.63, 3.8) is 0 Å². The van der Waals surface area contributed by atoms with Gasteiger partial charge in [-0.1, -0.05) is 42.5 Å². The second-order valence-corrected chi connectivity index (χ2v) is 6.78. The molecule has 1 aliphatic rings. The van der Waals surface area contributed by atoms with Crippen molar-refractivity contribution in [2.75, 3.05) is 19.6 Å². The highest BCUT2D eigenvalue weighted by Crippen LogP contribution is 2.22.